The summed E-state index contributed by atoms with van der Waals surface area (Å²) >= 11 is 7.19. The van der Waals surface area contributed by atoms with Crippen molar-refractivity contribution in [2.24, 2.45) is 0 Å². The van der Waals surface area contributed by atoms with E-state index in [0.717, 1.165) is 42.8 Å². The van der Waals surface area contributed by atoms with Gasteiger partial charge >= 0.3 is 0 Å². The highest BCUT2D eigenvalue weighted by atomic mass is 35.5. The van der Waals surface area contributed by atoms with Crippen LogP contribution in [0.15, 0.2) is 58.3 Å². The van der Waals surface area contributed by atoms with Gasteiger partial charge in [0.05, 0.1) is 12.9 Å². The van der Waals surface area contributed by atoms with Crippen LogP contribution in [0.25, 0.3) is 22.4 Å². The molecule has 0 radical (unpaired) electrons. The average molecular weight is 483 g/mol. The molecule has 33 heavy (non-hydrogen) atoms. The maximum absolute atomic E-state index is 12.8. The van der Waals surface area contributed by atoms with E-state index in [1.807, 2.05) is 29.2 Å². The summed E-state index contributed by atoms with van der Waals surface area (Å²) < 4.78 is 11.1. The Morgan fingerprint density at radius 1 is 1.21 bits per heavy atom. The summed E-state index contributed by atoms with van der Waals surface area (Å²) in [6.45, 7) is 1.47. The number of rotatable bonds is 6. The van der Waals surface area contributed by atoms with Gasteiger partial charge < -0.3 is 19.0 Å². The molecular formula is C24H23ClN4O3S. The number of amides is 1. The number of halogens is 1. The van der Waals surface area contributed by atoms with E-state index in [-0.39, 0.29) is 11.7 Å². The zero-order valence-electron chi connectivity index (χ0n) is 18.1. The number of thioether (sulfide) groups is 1. The fourth-order valence-electron chi connectivity index (χ4n) is 4.22. The first-order valence-electron chi connectivity index (χ1n) is 10.8. The van der Waals surface area contributed by atoms with Gasteiger partial charge in [0.25, 0.3) is 5.22 Å². The van der Waals surface area contributed by atoms with Gasteiger partial charge in [-0.3, -0.25) is 4.79 Å². The normalized spacial score (nSPS) is 14.7. The highest BCUT2D eigenvalue weighted by molar-refractivity contribution is 7.99. The maximum atomic E-state index is 12.8. The average Bonchev–Trinajstić information content (AvgIpc) is 3.50. The predicted octanol–water partition coefficient (Wildman–Crippen LogP) is 5.38. The van der Waals surface area contributed by atoms with Crippen molar-refractivity contribution in [3.8, 4) is 17.2 Å². The van der Waals surface area contributed by atoms with Gasteiger partial charge in [0.2, 0.25) is 11.8 Å². The number of nitrogens with one attached hydrogen (secondary N) is 1. The van der Waals surface area contributed by atoms with Crippen molar-refractivity contribution in [1.29, 1.82) is 0 Å². The van der Waals surface area contributed by atoms with E-state index in [4.69, 9.17) is 20.8 Å². The molecule has 0 bridgehead atoms. The Morgan fingerprint density at radius 3 is 2.76 bits per heavy atom. The Bertz CT molecular complexity index is 1260. The van der Waals surface area contributed by atoms with E-state index in [0.29, 0.717) is 22.1 Å². The standard InChI is InChI=1S/C24H23ClN4O3S/c1-31-18-6-7-21-19(12-18)20(13-26-21)15-8-10-29(11-9-15)22(30)14-33-24-28-27-23(32-24)16-2-4-17(25)5-3-16/h2-7,12-13,15,26H,8-11,14H2,1H3. The Hall–Kier alpha value is -2.97. The molecule has 170 valence electrons. The number of fused-ring (bicyclic) bond motifs is 1. The lowest BCUT2D eigenvalue weighted by atomic mass is 9.89. The van der Waals surface area contributed by atoms with E-state index in [2.05, 4.69) is 27.4 Å². The molecule has 9 heteroatoms. The van der Waals surface area contributed by atoms with Crippen LogP contribution in [-0.2, 0) is 4.79 Å². The number of likely N-dealkylation sites (tertiary alicyclic amines) is 1. The number of H-pyrrole nitrogens is 1. The minimum Gasteiger partial charge on any atom is -0.497 e. The van der Waals surface area contributed by atoms with Crippen LogP contribution in [-0.4, -0.2) is 51.9 Å². The number of carbonyl (C=O) groups is 1. The van der Waals surface area contributed by atoms with Gasteiger partial charge in [-0.1, -0.05) is 23.4 Å². The third kappa shape index (κ3) is 4.72. The monoisotopic (exact) mass is 482 g/mol. The van der Waals surface area contributed by atoms with Crippen molar-refractivity contribution in [3.63, 3.8) is 0 Å². The molecule has 4 aromatic rings. The number of aromatic nitrogens is 3. The summed E-state index contributed by atoms with van der Waals surface area (Å²) in [5.41, 5.74) is 3.20. The van der Waals surface area contributed by atoms with Crippen molar-refractivity contribution in [2.75, 3.05) is 26.0 Å². The van der Waals surface area contributed by atoms with Gasteiger partial charge in [-0.25, -0.2) is 0 Å². The number of nitrogens with zero attached hydrogens (tertiary/aromatic N) is 3. The minimum absolute atomic E-state index is 0.0882. The second-order valence-corrected chi connectivity index (χ2v) is 9.34. The van der Waals surface area contributed by atoms with Crippen LogP contribution < -0.4 is 4.74 Å². The van der Waals surface area contributed by atoms with Gasteiger partial charge in [-0.2, -0.15) is 0 Å². The zero-order chi connectivity index (χ0) is 22.8. The number of piperidine rings is 1. The first-order valence-corrected chi connectivity index (χ1v) is 12.1. The van der Waals surface area contributed by atoms with Crippen LogP contribution in [0.1, 0.15) is 24.3 Å². The predicted molar refractivity (Wildman–Crippen MR) is 129 cm³/mol. The highest BCUT2D eigenvalue weighted by Crippen LogP contribution is 2.35. The fraction of sp³-hybridized carbons (Fsp3) is 0.292. The molecule has 1 saturated heterocycles. The Kier molecular flexibility index (Phi) is 6.28. The van der Waals surface area contributed by atoms with Crippen molar-refractivity contribution >= 4 is 40.2 Å². The summed E-state index contributed by atoms with van der Waals surface area (Å²) in [4.78, 5) is 18.0. The third-order valence-corrected chi connectivity index (χ3v) is 7.08. The molecule has 2 aromatic heterocycles. The smallest absolute Gasteiger partial charge is 0.277 e. The largest absolute Gasteiger partial charge is 0.497 e. The lowest BCUT2D eigenvalue weighted by molar-refractivity contribution is -0.129. The number of benzene rings is 2. The quantitative estimate of drug-likeness (QED) is 0.371. The van der Waals surface area contributed by atoms with E-state index >= 15 is 0 Å². The minimum atomic E-state index is 0.0882. The summed E-state index contributed by atoms with van der Waals surface area (Å²) in [5.74, 6) is 2.05. The Balaban J connectivity index is 1.16. The molecule has 1 aliphatic rings. The first kappa shape index (κ1) is 21.9. The topological polar surface area (TPSA) is 84.2 Å². The molecule has 0 atom stereocenters. The molecule has 7 nitrogen and oxygen atoms in total. The van der Waals surface area contributed by atoms with E-state index < -0.39 is 0 Å². The first-order chi connectivity index (χ1) is 16.1. The van der Waals surface area contributed by atoms with E-state index in [9.17, 15) is 4.79 Å². The molecular weight excluding hydrogens is 460 g/mol. The van der Waals surface area contributed by atoms with Gasteiger partial charge in [0.15, 0.2) is 0 Å². The number of hydrogen-bond donors (Lipinski definition) is 1. The van der Waals surface area contributed by atoms with Crippen LogP contribution >= 0.6 is 23.4 Å². The highest BCUT2D eigenvalue weighted by Gasteiger charge is 2.26. The molecule has 5 rings (SSSR count). The van der Waals surface area contributed by atoms with Crippen LogP contribution in [0.5, 0.6) is 5.75 Å². The van der Waals surface area contributed by atoms with Gasteiger partial charge in [-0.05, 0) is 66.8 Å². The van der Waals surface area contributed by atoms with Gasteiger partial charge in [0, 0.05) is 40.8 Å². The Morgan fingerprint density at radius 2 is 2.00 bits per heavy atom. The van der Waals surface area contributed by atoms with Crippen LogP contribution in [0.4, 0.5) is 0 Å². The number of ether oxygens (including phenoxy) is 1. The Labute approximate surface area is 200 Å². The molecule has 0 spiro atoms. The number of aromatic amines is 1. The molecule has 3 heterocycles. The van der Waals surface area contributed by atoms with Crippen molar-refractivity contribution < 1.29 is 13.9 Å². The van der Waals surface area contributed by atoms with Crippen LogP contribution in [0, 0.1) is 0 Å². The third-order valence-electron chi connectivity index (χ3n) is 6.03. The van der Waals surface area contributed by atoms with Crippen molar-refractivity contribution in [2.45, 2.75) is 24.0 Å². The van der Waals surface area contributed by atoms with Gasteiger partial charge in [0.1, 0.15) is 5.75 Å². The zero-order valence-corrected chi connectivity index (χ0v) is 19.7. The van der Waals surface area contributed by atoms with E-state index in [1.54, 1.807) is 19.2 Å². The lowest BCUT2D eigenvalue weighted by Crippen LogP contribution is -2.38. The molecule has 0 unspecified atom stereocenters. The summed E-state index contributed by atoms with van der Waals surface area (Å²) in [7, 11) is 1.68. The van der Waals surface area contributed by atoms with Crippen LogP contribution in [0.3, 0.4) is 0 Å². The fourth-order valence-corrected chi connectivity index (χ4v) is 5.01. The van der Waals surface area contributed by atoms with E-state index in [1.165, 1.54) is 22.7 Å². The molecule has 0 aliphatic carbocycles. The molecule has 1 amide bonds. The van der Waals surface area contributed by atoms with Crippen molar-refractivity contribution in [1.82, 2.24) is 20.1 Å². The lowest BCUT2D eigenvalue weighted by Gasteiger charge is -2.32. The molecule has 1 fully saturated rings. The summed E-state index contributed by atoms with van der Waals surface area (Å²) in [6.07, 6.45) is 3.96. The van der Waals surface area contributed by atoms with Gasteiger partial charge in [-0.15, -0.1) is 10.2 Å². The summed E-state index contributed by atoms with van der Waals surface area (Å²) in [6, 6.07) is 13.3. The number of methoxy groups -OCH3 is 1. The second-order valence-electron chi connectivity index (χ2n) is 7.98. The van der Waals surface area contributed by atoms with Crippen LogP contribution in [0.2, 0.25) is 5.02 Å². The number of carbonyl (C=O) groups excluding carboxylic acids is 1. The summed E-state index contributed by atoms with van der Waals surface area (Å²) in [5, 5.41) is 10.3. The molecule has 2 aromatic carbocycles. The van der Waals surface area contributed by atoms with Crippen molar-refractivity contribution in [3.05, 3.63) is 59.2 Å². The maximum Gasteiger partial charge on any atom is 0.277 e. The molecule has 1 N–H and O–H groups in total. The SMILES string of the molecule is COc1ccc2[nH]cc(C3CCN(C(=O)CSc4nnc(-c5ccc(Cl)cc5)o4)CC3)c2c1. The molecule has 1 aliphatic heterocycles. The second kappa shape index (κ2) is 9.49. The number of hydrogen-bond acceptors (Lipinski definition) is 6. The molecule has 0 saturated carbocycles.